The summed E-state index contributed by atoms with van der Waals surface area (Å²) in [6.07, 6.45) is 0.275. The number of carboxylic acid groups (broad SMARTS) is 1. The van der Waals surface area contributed by atoms with Crippen LogP contribution in [0.4, 0.5) is 0 Å². The highest BCUT2D eigenvalue weighted by Crippen LogP contribution is 2.14. The standard InChI is InChI=1S/C17H32N6O5/c1-9(2)10(3)15(27)12(7-14(25)26)23-13(24)8-22-16(28)11(18)5-4-6-21-17(19)20/h9-12H,4-8,18H2,1-3H3,(H,22,28)(H,23,24)(H,25,26)(H4,19,20,21)/t10?,11-,12-/m0/s1. The summed E-state index contributed by atoms with van der Waals surface area (Å²) in [6.45, 7) is 5.25. The van der Waals surface area contributed by atoms with E-state index in [1.807, 2.05) is 13.8 Å². The van der Waals surface area contributed by atoms with Gasteiger partial charge in [-0.2, -0.15) is 0 Å². The smallest absolute Gasteiger partial charge is 0.305 e. The fraction of sp³-hybridized carbons (Fsp3) is 0.706. The highest BCUT2D eigenvalue weighted by Gasteiger charge is 2.29. The third-order valence-corrected chi connectivity index (χ3v) is 4.23. The average Bonchev–Trinajstić information content (AvgIpc) is 2.60. The van der Waals surface area contributed by atoms with Gasteiger partial charge in [0.1, 0.15) is 0 Å². The summed E-state index contributed by atoms with van der Waals surface area (Å²) in [6, 6.07) is -2.01. The van der Waals surface area contributed by atoms with Gasteiger partial charge in [0.25, 0.3) is 0 Å². The zero-order valence-electron chi connectivity index (χ0n) is 16.6. The Bertz CT molecular complexity index is 589. The van der Waals surface area contributed by atoms with Crippen molar-refractivity contribution in [2.75, 3.05) is 13.1 Å². The normalized spacial score (nSPS) is 13.9. The number of hydrogen-bond donors (Lipinski definition) is 6. The lowest BCUT2D eigenvalue weighted by molar-refractivity contribution is -0.141. The largest absolute Gasteiger partial charge is 0.481 e. The van der Waals surface area contributed by atoms with Crippen LogP contribution in [-0.2, 0) is 19.2 Å². The van der Waals surface area contributed by atoms with Crippen molar-refractivity contribution in [1.29, 1.82) is 0 Å². The topological polar surface area (TPSA) is 203 Å². The number of Topliss-reactive ketones (excluding diaryl/α,β-unsaturated/α-hetero) is 1. The second-order valence-electron chi connectivity index (χ2n) is 6.93. The van der Waals surface area contributed by atoms with E-state index in [1.165, 1.54) is 0 Å². The molecule has 0 fully saturated rings. The number of hydrogen-bond acceptors (Lipinski definition) is 6. The van der Waals surface area contributed by atoms with E-state index in [0.717, 1.165) is 0 Å². The van der Waals surface area contributed by atoms with Crippen LogP contribution in [0.25, 0.3) is 0 Å². The fourth-order valence-corrected chi connectivity index (χ4v) is 2.24. The summed E-state index contributed by atoms with van der Waals surface area (Å²) >= 11 is 0. The van der Waals surface area contributed by atoms with Gasteiger partial charge in [-0.15, -0.1) is 0 Å². The van der Waals surface area contributed by atoms with Gasteiger partial charge in [-0.25, -0.2) is 0 Å². The first-order valence-electron chi connectivity index (χ1n) is 9.09. The van der Waals surface area contributed by atoms with Crippen molar-refractivity contribution in [3.05, 3.63) is 0 Å². The van der Waals surface area contributed by atoms with Crippen LogP contribution in [-0.4, -0.2) is 59.8 Å². The van der Waals surface area contributed by atoms with E-state index in [1.54, 1.807) is 6.92 Å². The quantitative estimate of drug-likeness (QED) is 0.119. The van der Waals surface area contributed by atoms with E-state index in [0.29, 0.717) is 19.4 Å². The van der Waals surface area contributed by atoms with E-state index in [9.17, 15) is 19.2 Å². The Morgan fingerprint density at radius 3 is 2.21 bits per heavy atom. The molecule has 0 radical (unpaired) electrons. The van der Waals surface area contributed by atoms with E-state index in [4.69, 9.17) is 22.3 Å². The highest BCUT2D eigenvalue weighted by molar-refractivity contribution is 5.94. The molecule has 9 N–H and O–H groups in total. The van der Waals surface area contributed by atoms with Crippen molar-refractivity contribution in [3.63, 3.8) is 0 Å². The molecule has 0 aromatic heterocycles. The summed E-state index contributed by atoms with van der Waals surface area (Å²) in [5, 5.41) is 13.7. The monoisotopic (exact) mass is 400 g/mol. The highest BCUT2D eigenvalue weighted by atomic mass is 16.4. The number of aliphatic imine (C=N–C) groups is 1. The van der Waals surface area contributed by atoms with E-state index >= 15 is 0 Å². The van der Waals surface area contributed by atoms with Gasteiger partial charge in [-0.1, -0.05) is 20.8 Å². The molecule has 0 rings (SSSR count). The molecule has 0 saturated carbocycles. The molecule has 3 atom stereocenters. The molecule has 11 heteroatoms. The molecule has 0 aliphatic rings. The summed E-state index contributed by atoms with van der Waals surface area (Å²) in [5.74, 6) is -3.26. The maximum absolute atomic E-state index is 12.4. The Balaban J connectivity index is 4.57. The number of nitrogens with two attached hydrogens (primary N) is 3. The minimum atomic E-state index is -1.21. The second-order valence-corrected chi connectivity index (χ2v) is 6.93. The lowest BCUT2D eigenvalue weighted by Crippen LogP contribution is -2.50. The molecular weight excluding hydrogens is 368 g/mol. The maximum atomic E-state index is 12.4. The SMILES string of the molecule is CC(C)C(C)C(=O)[C@H](CC(=O)O)NC(=O)CNC(=O)[C@@H](N)CCCN=C(N)N. The summed E-state index contributed by atoms with van der Waals surface area (Å²) in [5.41, 5.74) is 16.1. The lowest BCUT2D eigenvalue weighted by Gasteiger charge is -2.22. The van der Waals surface area contributed by atoms with Gasteiger partial charge in [-0.05, 0) is 18.8 Å². The van der Waals surface area contributed by atoms with E-state index in [-0.39, 0.29) is 17.7 Å². The lowest BCUT2D eigenvalue weighted by atomic mass is 9.88. The van der Waals surface area contributed by atoms with Crippen LogP contribution in [0.5, 0.6) is 0 Å². The van der Waals surface area contributed by atoms with Gasteiger partial charge in [-0.3, -0.25) is 24.2 Å². The van der Waals surface area contributed by atoms with E-state index < -0.39 is 48.8 Å². The first-order valence-corrected chi connectivity index (χ1v) is 9.09. The predicted octanol–water partition coefficient (Wildman–Crippen LogP) is -1.70. The Labute approximate surface area is 164 Å². The molecule has 0 bridgehead atoms. The molecular formula is C17H32N6O5. The van der Waals surface area contributed by atoms with Crippen molar-refractivity contribution in [2.45, 2.75) is 52.1 Å². The van der Waals surface area contributed by atoms with Gasteiger partial charge >= 0.3 is 5.97 Å². The van der Waals surface area contributed by atoms with Crippen LogP contribution in [0, 0.1) is 11.8 Å². The predicted molar refractivity (Wildman–Crippen MR) is 104 cm³/mol. The van der Waals surface area contributed by atoms with Crippen molar-refractivity contribution >= 4 is 29.5 Å². The number of guanidine groups is 1. The number of nitrogens with zero attached hydrogens (tertiary/aromatic N) is 1. The minimum absolute atomic E-state index is 0.00245. The molecule has 0 aromatic rings. The maximum Gasteiger partial charge on any atom is 0.305 e. The van der Waals surface area contributed by atoms with Crippen LogP contribution in [0.3, 0.4) is 0 Å². The number of carboxylic acids is 1. The van der Waals surface area contributed by atoms with E-state index in [2.05, 4.69) is 15.6 Å². The molecule has 2 amide bonds. The number of nitrogens with one attached hydrogen (secondary N) is 2. The zero-order chi connectivity index (χ0) is 21.9. The van der Waals surface area contributed by atoms with Crippen LogP contribution in [0.1, 0.15) is 40.0 Å². The fourth-order valence-electron chi connectivity index (χ4n) is 2.24. The number of carbonyl (C=O) groups excluding carboxylic acids is 3. The van der Waals surface area contributed by atoms with Gasteiger partial charge in [0.05, 0.1) is 25.0 Å². The first kappa shape index (κ1) is 25.3. The summed E-state index contributed by atoms with van der Waals surface area (Å²) in [7, 11) is 0. The molecule has 0 spiro atoms. The number of amides is 2. The number of aliphatic carboxylic acids is 1. The van der Waals surface area contributed by atoms with Gasteiger partial charge in [0.2, 0.25) is 11.8 Å². The minimum Gasteiger partial charge on any atom is -0.481 e. The van der Waals surface area contributed by atoms with Gasteiger partial charge in [0, 0.05) is 12.5 Å². The molecule has 0 aliphatic carbocycles. The Hall–Kier alpha value is -2.69. The molecule has 0 saturated heterocycles. The third-order valence-electron chi connectivity index (χ3n) is 4.23. The Kier molecular flexibility index (Phi) is 11.4. The first-order chi connectivity index (χ1) is 13.0. The van der Waals surface area contributed by atoms with Crippen molar-refractivity contribution in [3.8, 4) is 0 Å². The third kappa shape index (κ3) is 10.5. The zero-order valence-corrected chi connectivity index (χ0v) is 16.6. The van der Waals surface area contributed by atoms with Crippen LogP contribution < -0.4 is 27.8 Å². The van der Waals surface area contributed by atoms with Gasteiger partial charge in [0.15, 0.2) is 11.7 Å². The summed E-state index contributed by atoms with van der Waals surface area (Å²) in [4.78, 5) is 51.1. The Morgan fingerprint density at radius 2 is 1.71 bits per heavy atom. The van der Waals surface area contributed by atoms with Crippen molar-refractivity contribution in [1.82, 2.24) is 10.6 Å². The van der Waals surface area contributed by atoms with Crippen LogP contribution in [0.15, 0.2) is 4.99 Å². The number of carbonyl (C=O) groups is 4. The van der Waals surface area contributed by atoms with Crippen molar-refractivity contribution in [2.24, 2.45) is 34.0 Å². The molecule has 28 heavy (non-hydrogen) atoms. The van der Waals surface area contributed by atoms with Crippen LogP contribution >= 0.6 is 0 Å². The van der Waals surface area contributed by atoms with Crippen molar-refractivity contribution < 1.29 is 24.3 Å². The molecule has 0 heterocycles. The number of rotatable bonds is 13. The second kappa shape index (κ2) is 12.7. The molecule has 0 aliphatic heterocycles. The van der Waals surface area contributed by atoms with Crippen LogP contribution in [0.2, 0.25) is 0 Å². The molecule has 11 nitrogen and oxygen atoms in total. The Morgan fingerprint density at radius 1 is 1.11 bits per heavy atom. The van der Waals surface area contributed by atoms with Gasteiger partial charge < -0.3 is 32.9 Å². The summed E-state index contributed by atoms with van der Waals surface area (Å²) < 4.78 is 0. The molecule has 0 aromatic carbocycles. The molecule has 160 valence electrons. The molecule has 1 unspecified atom stereocenters. The number of ketones is 1. The average molecular weight is 400 g/mol.